The third-order valence-corrected chi connectivity index (χ3v) is 3.01. The van der Waals surface area contributed by atoms with Crippen LogP contribution < -0.4 is 19.5 Å². The number of carbonyl (C=O) groups is 1. The number of nitrogens with zero attached hydrogens (tertiary/aromatic N) is 2. The van der Waals surface area contributed by atoms with Gasteiger partial charge in [0, 0.05) is 0 Å². The van der Waals surface area contributed by atoms with Gasteiger partial charge in [-0.3, -0.25) is 0 Å². The number of ether oxygens (including phenoxy) is 3. The maximum absolute atomic E-state index is 11.5. The fraction of sp³-hybridized carbons (Fsp3) is 0.188. The molecule has 0 fully saturated rings. The fourth-order valence-electron chi connectivity index (χ4n) is 1.89. The molecule has 25 heavy (non-hydrogen) atoms. The van der Waals surface area contributed by atoms with Crippen molar-refractivity contribution in [3.63, 3.8) is 0 Å². The van der Waals surface area contributed by atoms with Crippen LogP contribution in [0.3, 0.4) is 0 Å². The molecule has 0 spiro atoms. The summed E-state index contributed by atoms with van der Waals surface area (Å²) in [6.45, 7) is 0.114. The SMILES string of the molecule is C#CCNc1ccc(Oc2nc(OC)cc(OC)n2)c(C(=O)O)c1O. The van der Waals surface area contributed by atoms with Crippen LogP contribution in [0.25, 0.3) is 0 Å². The Morgan fingerprint density at radius 3 is 2.44 bits per heavy atom. The molecule has 0 bridgehead atoms. The Bertz CT molecular complexity index is 809. The Balaban J connectivity index is 2.44. The van der Waals surface area contributed by atoms with Crippen molar-refractivity contribution in [2.75, 3.05) is 26.1 Å². The van der Waals surface area contributed by atoms with E-state index in [1.54, 1.807) is 0 Å². The smallest absolute Gasteiger partial charge is 0.343 e. The third kappa shape index (κ3) is 4.00. The van der Waals surface area contributed by atoms with Crippen molar-refractivity contribution in [2.45, 2.75) is 0 Å². The highest BCUT2D eigenvalue weighted by Gasteiger charge is 2.22. The molecular weight excluding hydrogens is 330 g/mol. The lowest BCUT2D eigenvalue weighted by molar-refractivity contribution is 0.0691. The van der Waals surface area contributed by atoms with Crippen LogP contribution >= 0.6 is 0 Å². The minimum Gasteiger partial charge on any atom is -0.505 e. The monoisotopic (exact) mass is 345 g/mol. The number of carboxylic acid groups (broad SMARTS) is 1. The van der Waals surface area contributed by atoms with E-state index in [1.165, 1.54) is 32.4 Å². The Labute approximate surface area is 143 Å². The number of benzene rings is 1. The van der Waals surface area contributed by atoms with Gasteiger partial charge in [-0.25, -0.2) is 4.79 Å². The first kappa shape index (κ1) is 17.7. The van der Waals surface area contributed by atoms with E-state index in [0.29, 0.717) is 0 Å². The number of aromatic carboxylic acids is 1. The molecule has 0 saturated carbocycles. The molecule has 2 aromatic rings. The number of carboxylic acids is 1. The zero-order valence-electron chi connectivity index (χ0n) is 13.4. The highest BCUT2D eigenvalue weighted by molar-refractivity contribution is 5.96. The lowest BCUT2D eigenvalue weighted by Gasteiger charge is -2.13. The Morgan fingerprint density at radius 1 is 1.28 bits per heavy atom. The Hall–Kier alpha value is -3.67. The molecular formula is C16H15N3O6. The normalized spacial score (nSPS) is 9.80. The van der Waals surface area contributed by atoms with Gasteiger partial charge in [-0.05, 0) is 12.1 Å². The lowest BCUT2D eigenvalue weighted by atomic mass is 10.1. The van der Waals surface area contributed by atoms with Gasteiger partial charge in [-0.2, -0.15) is 9.97 Å². The first-order valence-electron chi connectivity index (χ1n) is 6.91. The third-order valence-electron chi connectivity index (χ3n) is 3.01. The summed E-state index contributed by atoms with van der Waals surface area (Å²) >= 11 is 0. The minimum atomic E-state index is -1.40. The minimum absolute atomic E-state index is 0.114. The number of aromatic nitrogens is 2. The standard InChI is InChI=1S/C16H15N3O6/c1-4-7-17-9-5-6-10(13(14(9)20)15(21)22)25-16-18-11(23-2)8-12(19-16)24-3/h1,5-6,8,17,20H,7H2,2-3H3,(H,21,22). The zero-order chi connectivity index (χ0) is 18.4. The topological polar surface area (TPSA) is 123 Å². The number of anilines is 1. The van der Waals surface area contributed by atoms with Gasteiger partial charge in [-0.15, -0.1) is 6.42 Å². The van der Waals surface area contributed by atoms with Gasteiger partial charge in [-0.1, -0.05) is 5.92 Å². The van der Waals surface area contributed by atoms with Gasteiger partial charge in [0.25, 0.3) is 0 Å². The lowest BCUT2D eigenvalue weighted by Crippen LogP contribution is -2.06. The van der Waals surface area contributed by atoms with E-state index < -0.39 is 17.3 Å². The van der Waals surface area contributed by atoms with Crippen LogP contribution in [-0.4, -0.2) is 46.9 Å². The predicted octanol–water partition coefficient (Wildman–Crippen LogP) is 1.73. The highest BCUT2D eigenvalue weighted by atomic mass is 16.5. The van der Waals surface area contributed by atoms with E-state index in [1.807, 2.05) is 0 Å². The van der Waals surface area contributed by atoms with Crippen LogP contribution in [0.1, 0.15) is 10.4 Å². The largest absolute Gasteiger partial charge is 0.505 e. The summed E-state index contributed by atoms with van der Waals surface area (Å²) in [5.74, 6) is 0.572. The highest BCUT2D eigenvalue weighted by Crippen LogP contribution is 2.37. The molecule has 0 saturated heterocycles. The summed E-state index contributed by atoms with van der Waals surface area (Å²) in [5, 5.41) is 22.3. The summed E-state index contributed by atoms with van der Waals surface area (Å²) in [6.07, 6.45) is 5.14. The second-order valence-corrected chi connectivity index (χ2v) is 4.54. The molecule has 0 unspecified atom stereocenters. The van der Waals surface area contributed by atoms with Crippen LogP contribution in [0.2, 0.25) is 0 Å². The Morgan fingerprint density at radius 2 is 1.92 bits per heavy atom. The molecule has 0 atom stereocenters. The first-order chi connectivity index (χ1) is 12.0. The van der Waals surface area contributed by atoms with E-state index in [0.717, 1.165) is 0 Å². The molecule has 3 N–H and O–H groups in total. The molecule has 1 heterocycles. The number of hydrogen-bond acceptors (Lipinski definition) is 8. The first-order valence-corrected chi connectivity index (χ1v) is 6.91. The number of phenols is 1. The average molecular weight is 345 g/mol. The molecule has 0 aliphatic carbocycles. The van der Waals surface area contributed by atoms with Crippen molar-refractivity contribution in [3.05, 3.63) is 23.8 Å². The number of terminal acetylenes is 1. The van der Waals surface area contributed by atoms with Crippen LogP contribution in [-0.2, 0) is 0 Å². The molecule has 1 aromatic carbocycles. The summed E-state index contributed by atoms with van der Waals surface area (Å²) in [6, 6.07) is 3.99. The predicted molar refractivity (Wildman–Crippen MR) is 87.6 cm³/mol. The van der Waals surface area contributed by atoms with Crippen molar-refractivity contribution in [3.8, 4) is 41.6 Å². The molecule has 9 heteroatoms. The van der Waals surface area contributed by atoms with Crippen molar-refractivity contribution in [1.29, 1.82) is 0 Å². The molecule has 130 valence electrons. The summed E-state index contributed by atoms with van der Waals surface area (Å²) in [7, 11) is 2.79. The number of nitrogens with one attached hydrogen (secondary N) is 1. The van der Waals surface area contributed by atoms with Crippen LogP contribution in [0.5, 0.6) is 29.3 Å². The number of hydrogen-bond donors (Lipinski definition) is 3. The summed E-state index contributed by atoms with van der Waals surface area (Å²) in [5.41, 5.74) is -0.306. The molecule has 0 aliphatic rings. The van der Waals surface area contributed by atoms with Gasteiger partial charge in [0.2, 0.25) is 11.8 Å². The number of aromatic hydroxyl groups is 1. The molecule has 0 aliphatic heterocycles. The maximum Gasteiger partial charge on any atom is 0.343 e. The van der Waals surface area contributed by atoms with Crippen molar-refractivity contribution in [2.24, 2.45) is 0 Å². The molecule has 0 radical (unpaired) electrons. The van der Waals surface area contributed by atoms with Crippen molar-refractivity contribution in [1.82, 2.24) is 9.97 Å². The maximum atomic E-state index is 11.5. The van der Waals surface area contributed by atoms with Gasteiger partial charge in [0.1, 0.15) is 11.3 Å². The van der Waals surface area contributed by atoms with E-state index in [-0.39, 0.29) is 35.8 Å². The van der Waals surface area contributed by atoms with Gasteiger partial charge >= 0.3 is 12.0 Å². The van der Waals surface area contributed by atoms with Crippen molar-refractivity contribution < 1.29 is 29.2 Å². The van der Waals surface area contributed by atoms with Gasteiger partial charge in [0.05, 0.1) is 32.5 Å². The van der Waals surface area contributed by atoms with Crippen LogP contribution in [0.4, 0.5) is 5.69 Å². The molecule has 1 aromatic heterocycles. The van der Waals surface area contributed by atoms with Crippen molar-refractivity contribution >= 4 is 11.7 Å². The molecule has 9 nitrogen and oxygen atoms in total. The van der Waals surface area contributed by atoms with Crippen LogP contribution in [0, 0.1) is 12.3 Å². The quantitative estimate of drug-likeness (QED) is 0.508. The van der Waals surface area contributed by atoms with E-state index in [4.69, 9.17) is 20.6 Å². The van der Waals surface area contributed by atoms with E-state index in [2.05, 4.69) is 21.2 Å². The number of methoxy groups -OCH3 is 2. The second-order valence-electron chi connectivity index (χ2n) is 4.54. The summed E-state index contributed by atoms with van der Waals surface area (Å²) < 4.78 is 15.4. The zero-order valence-corrected chi connectivity index (χ0v) is 13.4. The van der Waals surface area contributed by atoms with E-state index in [9.17, 15) is 15.0 Å². The Kier molecular flexibility index (Phi) is 5.47. The van der Waals surface area contributed by atoms with Crippen LogP contribution in [0.15, 0.2) is 18.2 Å². The second kappa shape index (κ2) is 7.74. The molecule has 2 rings (SSSR count). The van der Waals surface area contributed by atoms with Gasteiger partial charge in [0.15, 0.2) is 5.75 Å². The van der Waals surface area contributed by atoms with Gasteiger partial charge < -0.3 is 29.7 Å². The fourth-order valence-corrected chi connectivity index (χ4v) is 1.89. The number of rotatable bonds is 7. The molecule has 0 amide bonds. The summed E-state index contributed by atoms with van der Waals surface area (Å²) in [4.78, 5) is 19.4. The average Bonchev–Trinajstić information content (AvgIpc) is 2.60. The van der Waals surface area contributed by atoms with E-state index >= 15 is 0 Å².